The van der Waals surface area contributed by atoms with E-state index >= 15 is 4.79 Å². The highest BCUT2D eigenvalue weighted by Gasteiger charge is 2.63. The second-order valence-electron chi connectivity index (χ2n) is 16.5. The van der Waals surface area contributed by atoms with Crippen molar-refractivity contribution in [2.45, 2.75) is 101 Å². The van der Waals surface area contributed by atoms with Gasteiger partial charge in [-0.05, 0) is 97.5 Å². The molecule has 1 heterocycles. The molecule has 1 saturated carbocycles. The molecular formula is C46H58N2O6. The van der Waals surface area contributed by atoms with Gasteiger partial charge in [0.1, 0.15) is 5.78 Å². The van der Waals surface area contributed by atoms with Gasteiger partial charge in [0.15, 0.2) is 23.0 Å². The minimum absolute atomic E-state index is 0.0267. The summed E-state index contributed by atoms with van der Waals surface area (Å²) >= 11 is 0. The highest BCUT2D eigenvalue weighted by molar-refractivity contribution is 5.83. The number of hydrogen-bond acceptors (Lipinski definition) is 8. The van der Waals surface area contributed by atoms with Crippen LogP contribution in [0, 0.1) is 41.4 Å². The lowest BCUT2D eigenvalue weighted by atomic mass is 9.44. The van der Waals surface area contributed by atoms with Crippen molar-refractivity contribution in [3.8, 4) is 34.8 Å². The predicted octanol–water partition coefficient (Wildman–Crippen LogP) is 6.94. The number of aromatic hydroxyl groups is 3. The summed E-state index contributed by atoms with van der Waals surface area (Å²) in [7, 11) is 3.48. The number of phenols is 3. The number of carbonyl (C=O) groups excluding carboxylic acids is 1. The number of hydrogen-bond donors (Lipinski definition) is 6. The number of nitrogens with one attached hydrogen (secondary N) is 2. The van der Waals surface area contributed by atoms with Crippen LogP contribution < -0.4 is 15.4 Å². The van der Waals surface area contributed by atoms with E-state index in [9.17, 15) is 20.4 Å². The Hall–Kier alpha value is -4.03. The van der Waals surface area contributed by atoms with Crippen molar-refractivity contribution in [3.63, 3.8) is 0 Å². The van der Waals surface area contributed by atoms with Crippen molar-refractivity contribution in [2.24, 2.45) is 29.6 Å². The number of benzene rings is 3. The third-order valence-corrected chi connectivity index (χ3v) is 13.5. The maximum Gasteiger partial charge on any atom is 0.160 e. The van der Waals surface area contributed by atoms with Gasteiger partial charge in [-0.25, -0.2) is 0 Å². The lowest BCUT2D eigenvalue weighted by Crippen LogP contribution is -2.70. The van der Waals surface area contributed by atoms with E-state index in [0.717, 1.165) is 73.7 Å². The van der Waals surface area contributed by atoms with Gasteiger partial charge in [-0.1, -0.05) is 80.8 Å². The molecule has 0 bridgehead atoms. The highest BCUT2D eigenvalue weighted by atomic mass is 16.5. The molecule has 10 unspecified atom stereocenters. The molecule has 288 valence electrons. The zero-order valence-electron chi connectivity index (χ0n) is 32.1. The van der Waals surface area contributed by atoms with Gasteiger partial charge in [-0.2, -0.15) is 0 Å². The molecule has 0 amide bonds. The summed E-state index contributed by atoms with van der Waals surface area (Å²) in [5, 5.41) is 53.0. The molecule has 6 N–H and O–H groups in total. The van der Waals surface area contributed by atoms with Crippen LogP contribution in [0.3, 0.4) is 0 Å². The second kappa shape index (κ2) is 16.4. The van der Waals surface area contributed by atoms with Crippen molar-refractivity contribution < 1.29 is 30.0 Å². The first-order valence-electron chi connectivity index (χ1n) is 20.3. The summed E-state index contributed by atoms with van der Waals surface area (Å²) < 4.78 is 5.54. The third kappa shape index (κ3) is 7.00. The van der Waals surface area contributed by atoms with E-state index in [2.05, 4.69) is 41.5 Å². The van der Waals surface area contributed by atoms with Crippen LogP contribution in [0.15, 0.2) is 60.7 Å². The maximum atomic E-state index is 15.1. The first-order valence-corrected chi connectivity index (χ1v) is 20.3. The van der Waals surface area contributed by atoms with Gasteiger partial charge in [0.25, 0.3) is 0 Å². The molecule has 0 radical (unpaired) electrons. The first-order chi connectivity index (χ1) is 26.2. The zero-order valence-corrected chi connectivity index (χ0v) is 32.1. The molecular weight excluding hydrogens is 677 g/mol. The standard InChI is InChI=1S/C46H58N2O6/c1-4-5-7-14-34-39(50)23-35(30-18-19-38(49)42(22-30)54-3)29(20-28-11-8-6-9-12-28)16-17-31-27-48-43-15-10-13-33-21-32(26-47-2)36-24-40(51)41(52)25-37(36)46(33,43)44(31)45(34)53/h6,8-9,11-12,18-19,22,24-25,29,31-35,43-45,47-49,51-53H,4-5,7,10,13-15,20-21,23,26-27H2,1-3H3. The molecule has 0 aromatic heterocycles. The minimum Gasteiger partial charge on any atom is -0.504 e. The molecule has 3 aromatic rings. The number of phenolic OH excluding ortho intramolecular Hbond substituents is 3. The van der Waals surface area contributed by atoms with Crippen LogP contribution in [0.1, 0.15) is 98.8 Å². The lowest BCUT2D eigenvalue weighted by molar-refractivity contribution is -0.135. The highest BCUT2D eigenvalue weighted by Crippen LogP contribution is 2.62. The Morgan fingerprint density at radius 1 is 0.981 bits per heavy atom. The van der Waals surface area contributed by atoms with Crippen molar-refractivity contribution in [1.29, 1.82) is 0 Å². The summed E-state index contributed by atoms with van der Waals surface area (Å²) in [5.74, 6) is 6.30. The monoisotopic (exact) mass is 734 g/mol. The second-order valence-corrected chi connectivity index (χ2v) is 16.5. The molecule has 7 rings (SSSR count). The fourth-order valence-corrected chi connectivity index (χ4v) is 11.2. The number of carbonyl (C=O) groups is 1. The van der Waals surface area contributed by atoms with E-state index in [-0.39, 0.29) is 71.0 Å². The number of ketones is 1. The van der Waals surface area contributed by atoms with Crippen LogP contribution in [0.2, 0.25) is 0 Å². The summed E-state index contributed by atoms with van der Waals surface area (Å²) in [6.45, 7) is 3.49. The van der Waals surface area contributed by atoms with Crippen molar-refractivity contribution >= 4 is 5.78 Å². The molecule has 1 spiro atoms. The Morgan fingerprint density at radius 3 is 2.54 bits per heavy atom. The first kappa shape index (κ1) is 38.3. The fourth-order valence-electron chi connectivity index (χ4n) is 11.2. The van der Waals surface area contributed by atoms with Crippen LogP contribution in [0.4, 0.5) is 0 Å². The molecule has 2 fully saturated rings. The van der Waals surface area contributed by atoms with E-state index in [1.807, 2.05) is 37.4 Å². The Labute approximate surface area is 320 Å². The van der Waals surface area contributed by atoms with Crippen molar-refractivity contribution in [2.75, 3.05) is 27.2 Å². The number of piperidine rings is 1. The van der Waals surface area contributed by atoms with Gasteiger partial charge in [-0.15, -0.1) is 0 Å². The van der Waals surface area contributed by atoms with Crippen molar-refractivity contribution in [3.05, 3.63) is 82.9 Å². The van der Waals surface area contributed by atoms with E-state index in [0.29, 0.717) is 25.1 Å². The van der Waals surface area contributed by atoms with Gasteiger partial charge < -0.3 is 35.8 Å². The molecule has 8 nitrogen and oxygen atoms in total. The van der Waals surface area contributed by atoms with Crippen LogP contribution in [0.25, 0.3) is 0 Å². The lowest BCUT2D eigenvalue weighted by Gasteiger charge is -2.63. The van der Waals surface area contributed by atoms with E-state index in [1.54, 1.807) is 18.2 Å². The number of fused-ring (bicyclic) bond motifs is 2. The average molecular weight is 735 g/mol. The maximum absolute atomic E-state index is 15.1. The Morgan fingerprint density at radius 2 is 1.78 bits per heavy atom. The van der Waals surface area contributed by atoms with Gasteiger partial charge in [0.2, 0.25) is 0 Å². The number of aliphatic hydroxyl groups is 1. The molecule has 4 aliphatic rings. The van der Waals surface area contributed by atoms with Crippen LogP contribution >= 0.6 is 0 Å². The number of likely N-dealkylation sites (N-methyl/N-ethyl adjacent to an activating group) is 1. The molecule has 1 aliphatic heterocycles. The number of unbranched alkanes of at least 4 members (excludes halogenated alkanes) is 2. The quantitative estimate of drug-likeness (QED) is 0.0751. The predicted molar refractivity (Wildman–Crippen MR) is 211 cm³/mol. The average Bonchev–Trinajstić information content (AvgIpc) is 3.17. The summed E-state index contributed by atoms with van der Waals surface area (Å²) in [6, 6.07) is 19.2. The Balaban J connectivity index is 1.44. The summed E-state index contributed by atoms with van der Waals surface area (Å²) in [5.41, 5.74) is 3.43. The van der Waals surface area contributed by atoms with Crippen LogP contribution in [-0.2, 0) is 16.6 Å². The molecule has 54 heavy (non-hydrogen) atoms. The van der Waals surface area contributed by atoms with E-state index in [4.69, 9.17) is 4.74 Å². The van der Waals surface area contributed by atoms with E-state index in [1.165, 1.54) is 7.11 Å². The van der Waals surface area contributed by atoms with Gasteiger partial charge in [-0.3, -0.25) is 4.79 Å². The van der Waals surface area contributed by atoms with Gasteiger partial charge in [0.05, 0.1) is 13.2 Å². The van der Waals surface area contributed by atoms with Crippen LogP contribution in [0.5, 0.6) is 23.0 Å². The number of rotatable bonds is 10. The van der Waals surface area contributed by atoms with Crippen molar-refractivity contribution in [1.82, 2.24) is 10.6 Å². The minimum atomic E-state index is -0.954. The Kier molecular flexibility index (Phi) is 11.6. The number of methoxy groups -OCH3 is 1. The normalized spacial score (nSPS) is 31.9. The molecule has 10 atom stereocenters. The zero-order chi connectivity index (χ0) is 38.0. The SMILES string of the molecule is CCCCCC1C(=O)CC(c2ccc(O)c(OC)c2)C(Cc2ccccc2)C#CC2CNC3CCCC4CC(CNC)c5cc(O)c(O)cc5C43C2C1O. The summed E-state index contributed by atoms with van der Waals surface area (Å²) in [4.78, 5) is 15.1. The van der Waals surface area contributed by atoms with Crippen LogP contribution in [-0.4, -0.2) is 65.6 Å². The molecule has 3 aliphatic carbocycles. The van der Waals surface area contributed by atoms with Gasteiger partial charge >= 0.3 is 0 Å². The third-order valence-electron chi connectivity index (χ3n) is 13.5. The molecule has 8 heteroatoms. The number of Topliss-reactive ketones (excluding diaryl/α,β-unsaturated/α-hetero) is 1. The smallest absolute Gasteiger partial charge is 0.160 e. The topological polar surface area (TPSA) is 131 Å². The van der Waals surface area contributed by atoms with Gasteiger partial charge in [0, 0.05) is 60.6 Å². The molecule has 1 saturated heterocycles. The number of aliphatic hydroxyl groups excluding tert-OH is 1. The summed E-state index contributed by atoms with van der Waals surface area (Å²) in [6.07, 6.45) is 7.15. The number of ether oxygens (including phenoxy) is 1. The fraction of sp³-hybridized carbons (Fsp3) is 0.543. The molecule has 3 aromatic carbocycles. The largest absolute Gasteiger partial charge is 0.504 e. The van der Waals surface area contributed by atoms with E-state index < -0.39 is 17.4 Å². The Bertz CT molecular complexity index is 1850.